The molecule has 28 heavy (non-hydrogen) atoms. The summed E-state index contributed by atoms with van der Waals surface area (Å²) in [5.74, 6) is 0.455. The molecule has 0 radical (unpaired) electrons. The predicted molar refractivity (Wildman–Crippen MR) is 107 cm³/mol. The van der Waals surface area contributed by atoms with Crippen LogP contribution in [0.4, 0.5) is 0 Å². The van der Waals surface area contributed by atoms with Crippen LogP contribution in [0, 0.1) is 0 Å². The molecule has 4 aromatic rings. The lowest BCUT2D eigenvalue weighted by Gasteiger charge is -2.11. The van der Waals surface area contributed by atoms with Crippen molar-refractivity contribution in [3.63, 3.8) is 0 Å². The lowest BCUT2D eigenvalue weighted by Crippen LogP contribution is -1.98. The fraction of sp³-hybridized carbons (Fsp3) is 0.143. The van der Waals surface area contributed by atoms with E-state index >= 15 is 0 Å². The maximum absolute atomic E-state index is 10.9. The Kier molecular flexibility index (Phi) is 4.99. The summed E-state index contributed by atoms with van der Waals surface area (Å²) in [5, 5.41) is 8.91. The van der Waals surface area contributed by atoms with Crippen LogP contribution in [0.15, 0.2) is 60.9 Å². The molecule has 0 unspecified atom stereocenters. The topological polar surface area (TPSA) is 73.1 Å². The second-order valence-electron chi connectivity index (χ2n) is 6.22. The molecule has 7 heteroatoms. The molecule has 1 N–H and O–H groups in total. The molecule has 0 saturated heterocycles. The number of carboxylic acid groups (broad SMARTS) is 1. The molecule has 0 aliphatic carbocycles. The number of carboxylic acids is 1. The Morgan fingerprint density at radius 1 is 1.14 bits per heavy atom. The summed E-state index contributed by atoms with van der Waals surface area (Å²) in [5.41, 5.74) is 2.78. The Hall–Kier alpha value is -3.32. The number of benzene rings is 2. The van der Waals surface area contributed by atoms with Gasteiger partial charge in [-0.25, -0.2) is 4.98 Å². The first kappa shape index (κ1) is 18.1. The van der Waals surface area contributed by atoms with Crippen molar-refractivity contribution in [2.24, 2.45) is 0 Å². The van der Waals surface area contributed by atoms with Gasteiger partial charge in [0, 0.05) is 22.8 Å². The number of hydrogen-bond donors (Lipinski definition) is 1. The second-order valence-corrected chi connectivity index (χ2v) is 7.32. The molecule has 0 aliphatic rings. The molecule has 0 saturated carbocycles. The van der Waals surface area contributed by atoms with E-state index in [4.69, 9.17) is 14.6 Å². The number of aromatic nitrogens is 2. The molecule has 6 nitrogen and oxygen atoms in total. The van der Waals surface area contributed by atoms with Gasteiger partial charge in [-0.2, -0.15) is 0 Å². The van der Waals surface area contributed by atoms with E-state index in [-0.39, 0.29) is 6.42 Å². The second kappa shape index (κ2) is 7.74. The van der Waals surface area contributed by atoms with Crippen molar-refractivity contribution in [3.8, 4) is 22.8 Å². The average molecular weight is 394 g/mol. The molecule has 4 rings (SSSR count). The minimum absolute atomic E-state index is 0.00460. The van der Waals surface area contributed by atoms with E-state index in [9.17, 15) is 4.79 Å². The first-order chi connectivity index (χ1) is 13.6. The van der Waals surface area contributed by atoms with Crippen molar-refractivity contribution < 1.29 is 19.4 Å². The van der Waals surface area contributed by atoms with Crippen LogP contribution < -0.4 is 9.47 Å². The number of methoxy groups -OCH3 is 1. The largest absolute Gasteiger partial charge is 0.493 e. The number of carbonyl (C=O) groups is 1. The van der Waals surface area contributed by atoms with Crippen molar-refractivity contribution in [2.45, 2.75) is 13.0 Å². The highest BCUT2D eigenvalue weighted by Crippen LogP contribution is 2.33. The third-order valence-electron chi connectivity index (χ3n) is 4.23. The molecule has 0 amide bonds. The Labute approximate surface area is 165 Å². The molecular weight excluding hydrogens is 376 g/mol. The zero-order valence-electron chi connectivity index (χ0n) is 15.2. The van der Waals surface area contributed by atoms with E-state index in [1.54, 1.807) is 13.3 Å². The van der Waals surface area contributed by atoms with Crippen molar-refractivity contribution in [1.29, 1.82) is 0 Å². The van der Waals surface area contributed by atoms with Crippen LogP contribution in [0.5, 0.6) is 11.5 Å². The lowest BCUT2D eigenvalue weighted by molar-refractivity contribution is -0.136. The molecular formula is C21H18N2O4S. The van der Waals surface area contributed by atoms with Gasteiger partial charge in [-0.1, -0.05) is 30.3 Å². The molecule has 2 heterocycles. The number of rotatable bonds is 7. The minimum Gasteiger partial charge on any atom is -0.493 e. The van der Waals surface area contributed by atoms with Gasteiger partial charge in [-0.05, 0) is 23.8 Å². The number of hydrogen-bond acceptors (Lipinski definition) is 5. The zero-order valence-corrected chi connectivity index (χ0v) is 16.0. The fourth-order valence-corrected chi connectivity index (χ4v) is 3.85. The summed E-state index contributed by atoms with van der Waals surface area (Å²) in [7, 11) is 1.61. The predicted octanol–water partition coefficient (Wildman–Crippen LogP) is 4.28. The van der Waals surface area contributed by atoms with Crippen molar-refractivity contribution in [3.05, 3.63) is 71.4 Å². The van der Waals surface area contributed by atoms with Gasteiger partial charge in [0.05, 0.1) is 19.2 Å². The molecule has 0 spiro atoms. The van der Waals surface area contributed by atoms with E-state index in [2.05, 4.69) is 4.98 Å². The van der Waals surface area contributed by atoms with Crippen molar-refractivity contribution in [2.75, 3.05) is 7.11 Å². The van der Waals surface area contributed by atoms with Crippen molar-refractivity contribution >= 4 is 22.3 Å². The summed E-state index contributed by atoms with van der Waals surface area (Å²) in [4.78, 5) is 17.0. The van der Waals surface area contributed by atoms with E-state index in [1.807, 2.05) is 59.1 Å². The standard InChI is InChI=1S/C21H18N2O4S/c1-26-19-9-15(7-8-18(19)27-13-14-5-3-2-4-6-14)17-12-23-11-16(10-20(24)25)28-21(23)22-17/h2-9,11-12H,10,13H2,1H3,(H,24,25). The molecule has 0 fully saturated rings. The third kappa shape index (κ3) is 3.84. The van der Waals surface area contributed by atoms with E-state index in [0.717, 1.165) is 26.7 Å². The smallest absolute Gasteiger partial charge is 0.308 e. The summed E-state index contributed by atoms with van der Waals surface area (Å²) in [6.07, 6.45) is 3.69. The highest BCUT2D eigenvalue weighted by molar-refractivity contribution is 7.17. The number of thiazole rings is 1. The third-order valence-corrected chi connectivity index (χ3v) is 5.22. The normalized spacial score (nSPS) is 10.9. The Bertz CT molecular complexity index is 1090. The number of aliphatic carboxylic acids is 1. The molecule has 2 aromatic carbocycles. The van der Waals surface area contributed by atoms with Gasteiger partial charge in [0.25, 0.3) is 0 Å². The van der Waals surface area contributed by atoms with Gasteiger partial charge in [0.1, 0.15) is 6.61 Å². The molecule has 142 valence electrons. The van der Waals surface area contributed by atoms with E-state index < -0.39 is 5.97 Å². The van der Waals surface area contributed by atoms with Crippen molar-refractivity contribution in [1.82, 2.24) is 9.38 Å². The Balaban J connectivity index is 1.55. The summed E-state index contributed by atoms with van der Waals surface area (Å²) in [6.45, 7) is 0.461. The first-order valence-corrected chi connectivity index (χ1v) is 9.48. The van der Waals surface area contributed by atoms with Gasteiger partial charge >= 0.3 is 5.97 Å². The number of ether oxygens (including phenoxy) is 2. The van der Waals surface area contributed by atoms with Crippen LogP contribution in [-0.4, -0.2) is 27.6 Å². The Morgan fingerprint density at radius 2 is 1.96 bits per heavy atom. The molecule has 2 aromatic heterocycles. The van der Waals surface area contributed by atoms with E-state index in [0.29, 0.717) is 18.1 Å². The quantitative estimate of drug-likeness (QED) is 0.507. The lowest BCUT2D eigenvalue weighted by atomic mass is 10.1. The molecule has 0 aliphatic heterocycles. The SMILES string of the molecule is COc1cc(-c2cn3cc(CC(=O)O)sc3n2)ccc1OCc1ccccc1. The maximum Gasteiger partial charge on any atom is 0.308 e. The molecule has 0 atom stereocenters. The monoisotopic (exact) mass is 394 g/mol. The van der Waals surface area contributed by atoms with Crippen LogP contribution in [0.3, 0.4) is 0 Å². The van der Waals surface area contributed by atoms with Gasteiger partial charge < -0.3 is 14.6 Å². The van der Waals surface area contributed by atoms with Crippen LogP contribution in [-0.2, 0) is 17.8 Å². The summed E-state index contributed by atoms with van der Waals surface area (Å²) in [6, 6.07) is 15.7. The van der Waals surface area contributed by atoms with Crippen LogP contribution in [0.2, 0.25) is 0 Å². The van der Waals surface area contributed by atoms with Crippen LogP contribution in [0.25, 0.3) is 16.2 Å². The number of fused-ring (bicyclic) bond motifs is 1. The van der Waals surface area contributed by atoms with Gasteiger partial charge in [-0.15, -0.1) is 11.3 Å². The van der Waals surface area contributed by atoms with Gasteiger partial charge in [0.2, 0.25) is 0 Å². The van der Waals surface area contributed by atoms with Crippen LogP contribution in [0.1, 0.15) is 10.4 Å². The Morgan fingerprint density at radius 3 is 2.68 bits per heavy atom. The maximum atomic E-state index is 10.9. The first-order valence-electron chi connectivity index (χ1n) is 8.67. The minimum atomic E-state index is -0.847. The van der Waals surface area contributed by atoms with Gasteiger partial charge in [-0.3, -0.25) is 9.20 Å². The van der Waals surface area contributed by atoms with E-state index in [1.165, 1.54) is 11.3 Å². The zero-order chi connectivity index (χ0) is 19.5. The fourth-order valence-electron chi connectivity index (χ4n) is 2.89. The summed E-state index contributed by atoms with van der Waals surface area (Å²) >= 11 is 1.38. The van der Waals surface area contributed by atoms with Crippen LogP contribution >= 0.6 is 11.3 Å². The molecule has 0 bridgehead atoms. The highest BCUT2D eigenvalue weighted by Gasteiger charge is 2.13. The highest BCUT2D eigenvalue weighted by atomic mass is 32.1. The average Bonchev–Trinajstić information content (AvgIpc) is 3.25. The number of nitrogens with zero attached hydrogens (tertiary/aromatic N) is 2. The number of imidazole rings is 1. The van der Waals surface area contributed by atoms with Gasteiger partial charge in [0.15, 0.2) is 16.5 Å². The summed E-state index contributed by atoms with van der Waals surface area (Å²) < 4.78 is 13.2.